The van der Waals surface area contributed by atoms with Gasteiger partial charge >= 0.3 is 12.1 Å². The Morgan fingerprint density at radius 1 is 1.12 bits per heavy atom. The topological polar surface area (TPSA) is 65.1 Å². The number of methoxy groups -OCH3 is 1. The lowest BCUT2D eigenvalue weighted by molar-refractivity contribution is -0.277. The van der Waals surface area contributed by atoms with Crippen molar-refractivity contribution in [3.8, 4) is 0 Å². The third kappa shape index (κ3) is 5.06. The number of esters is 1. The molecule has 0 aromatic heterocycles. The molecule has 1 aromatic carbocycles. The molecule has 4 atom stereocenters. The van der Waals surface area contributed by atoms with E-state index in [4.69, 9.17) is 14.2 Å². The maximum Gasteiger partial charge on any atom is 0.432 e. The fourth-order valence-corrected chi connectivity index (χ4v) is 4.21. The summed E-state index contributed by atoms with van der Waals surface area (Å²) in [4.78, 5) is 25.6. The zero-order chi connectivity index (χ0) is 24.7. The molecule has 0 unspecified atom stereocenters. The van der Waals surface area contributed by atoms with Gasteiger partial charge in [-0.3, -0.25) is 4.79 Å². The molecule has 8 heteroatoms. The van der Waals surface area contributed by atoms with Crippen LogP contribution in [0.15, 0.2) is 54.1 Å². The third-order valence-electron chi connectivity index (χ3n) is 6.30. The summed E-state index contributed by atoms with van der Waals surface area (Å²) in [6.45, 7) is 7.31. The summed E-state index contributed by atoms with van der Waals surface area (Å²) in [7, 11) is 0.818. The number of ketones is 1. The van der Waals surface area contributed by atoms with E-state index in [1.165, 1.54) is 37.3 Å². The van der Waals surface area contributed by atoms with Crippen molar-refractivity contribution < 1.29 is 37.0 Å². The molecule has 0 N–H and O–H groups in total. The van der Waals surface area contributed by atoms with Crippen LogP contribution < -0.4 is 0 Å². The molecule has 1 aromatic rings. The highest BCUT2D eigenvalue weighted by molar-refractivity contribution is 6.03. The molecular formula is C25H29F3O5. The monoisotopic (exact) mass is 466 g/mol. The zero-order valence-corrected chi connectivity index (χ0v) is 19.4. The molecule has 0 amide bonds. The quantitative estimate of drug-likeness (QED) is 0.459. The summed E-state index contributed by atoms with van der Waals surface area (Å²) in [5.41, 5.74) is -4.45. The first-order chi connectivity index (χ1) is 15.2. The van der Waals surface area contributed by atoms with Gasteiger partial charge in [0.05, 0.1) is 11.7 Å². The summed E-state index contributed by atoms with van der Waals surface area (Å²) >= 11 is 0. The molecule has 180 valence electrons. The van der Waals surface area contributed by atoms with Gasteiger partial charge in [0.25, 0.3) is 5.60 Å². The van der Waals surface area contributed by atoms with Crippen molar-refractivity contribution in [1.29, 1.82) is 0 Å². The van der Waals surface area contributed by atoms with E-state index in [-0.39, 0.29) is 29.3 Å². The second kappa shape index (κ2) is 8.72. The average Bonchev–Trinajstić information content (AvgIpc) is 3.33. The van der Waals surface area contributed by atoms with Gasteiger partial charge in [0.1, 0.15) is 6.10 Å². The lowest BCUT2D eigenvalue weighted by Crippen LogP contribution is -2.52. The molecule has 0 saturated carbocycles. The van der Waals surface area contributed by atoms with Crippen LogP contribution in [0.5, 0.6) is 0 Å². The second-order valence-electron chi connectivity index (χ2n) is 9.56. The lowest BCUT2D eigenvalue weighted by atomic mass is 9.83. The van der Waals surface area contributed by atoms with E-state index in [2.05, 4.69) is 0 Å². The van der Waals surface area contributed by atoms with Crippen molar-refractivity contribution in [3.63, 3.8) is 0 Å². The maximum atomic E-state index is 14.2. The minimum absolute atomic E-state index is 0.108. The van der Waals surface area contributed by atoms with Gasteiger partial charge in [-0.1, -0.05) is 50.3 Å². The highest BCUT2D eigenvalue weighted by Crippen LogP contribution is 2.48. The van der Waals surface area contributed by atoms with Crippen LogP contribution in [-0.2, 0) is 29.4 Å². The Labute approximate surface area is 191 Å². The fraction of sp³-hybridized carbons (Fsp3) is 0.520. The van der Waals surface area contributed by atoms with Gasteiger partial charge in [0.15, 0.2) is 5.78 Å². The maximum absolute atomic E-state index is 14.2. The summed E-state index contributed by atoms with van der Waals surface area (Å²) in [5, 5.41) is 0. The number of allylic oxidation sites excluding steroid dienone is 3. The van der Waals surface area contributed by atoms with E-state index in [0.29, 0.717) is 6.42 Å². The van der Waals surface area contributed by atoms with Crippen LogP contribution in [-0.4, -0.2) is 42.8 Å². The van der Waals surface area contributed by atoms with Crippen molar-refractivity contribution in [2.24, 2.45) is 5.41 Å². The summed E-state index contributed by atoms with van der Waals surface area (Å²) in [5.74, 6) is -1.90. The van der Waals surface area contributed by atoms with E-state index >= 15 is 0 Å². The number of carbonyl (C=O) groups is 2. The van der Waals surface area contributed by atoms with Crippen molar-refractivity contribution in [1.82, 2.24) is 0 Å². The Morgan fingerprint density at radius 2 is 1.76 bits per heavy atom. The molecule has 5 nitrogen and oxygen atoms in total. The highest BCUT2D eigenvalue weighted by Gasteiger charge is 2.64. The van der Waals surface area contributed by atoms with E-state index in [1.54, 1.807) is 6.08 Å². The number of ether oxygens (including phenoxy) is 3. The first-order valence-corrected chi connectivity index (χ1v) is 10.7. The van der Waals surface area contributed by atoms with Gasteiger partial charge in [-0.05, 0) is 43.4 Å². The first kappa shape index (κ1) is 25.2. The molecule has 1 fully saturated rings. The molecule has 3 rings (SSSR count). The normalized spacial score (nSPS) is 31.8. The van der Waals surface area contributed by atoms with E-state index in [9.17, 15) is 22.8 Å². The van der Waals surface area contributed by atoms with Crippen LogP contribution in [0.4, 0.5) is 13.2 Å². The fourth-order valence-electron chi connectivity index (χ4n) is 4.21. The number of alkyl halides is 3. The summed E-state index contributed by atoms with van der Waals surface area (Å²) in [6, 6.07) is 6.63. The standard InChI is InChI=1S/C25H29F3O5/c1-16-13-18(14-23(4)20(33-23)15-22(2,3)12-11-19(16)29)32-21(30)24(31-5,25(26,27)28)17-9-7-6-8-10-17/h6-13,18,20H,14-15H2,1-5H3/b12-11+,16-13+/t18-,20+,23-,24-/m0/s1. The number of benzene rings is 1. The zero-order valence-electron chi connectivity index (χ0n) is 19.4. The van der Waals surface area contributed by atoms with Crippen LogP contribution >= 0.6 is 0 Å². The van der Waals surface area contributed by atoms with Gasteiger partial charge in [0.2, 0.25) is 0 Å². The van der Waals surface area contributed by atoms with Crippen LogP contribution in [0.1, 0.15) is 46.1 Å². The number of epoxide rings is 1. The van der Waals surface area contributed by atoms with Crippen LogP contribution in [0.2, 0.25) is 0 Å². The molecule has 1 heterocycles. The van der Waals surface area contributed by atoms with Crippen molar-refractivity contribution in [2.45, 2.75) is 70.1 Å². The molecule has 1 aliphatic carbocycles. The van der Waals surface area contributed by atoms with E-state index in [0.717, 1.165) is 19.2 Å². The Kier molecular flexibility index (Phi) is 6.65. The number of hydrogen-bond donors (Lipinski definition) is 0. The van der Waals surface area contributed by atoms with Crippen LogP contribution in [0, 0.1) is 5.41 Å². The van der Waals surface area contributed by atoms with Crippen LogP contribution in [0.25, 0.3) is 0 Å². The number of rotatable bonds is 4. The molecule has 0 bridgehead atoms. The van der Waals surface area contributed by atoms with Crippen molar-refractivity contribution >= 4 is 11.8 Å². The highest BCUT2D eigenvalue weighted by atomic mass is 19.4. The Morgan fingerprint density at radius 3 is 2.33 bits per heavy atom. The predicted molar refractivity (Wildman–Crippen MR) is 115 cm³/mol. The minimum atomic E-state index is -5.09. The summed E-state index contributed by atoms with van der Waals surface area (Å²) < 4.78 is 58.8. The second-order valence-corrected chi connectivity index (χ2v) is 9.56. The average molecular weight is 466 g/mol. The van der Waals surface area contributed by atoms with Gasteiger partial charge in [0, 0.05) is 19.1 Å². The molecular weight excluding hydrogens is 437 g/mol. The van der Waals surface area contributed by atoms with Crippen LogP contribution in [0.3, 0.4) is 0 Å². The number of hydrogen-bond acceptors (Lipinski definition) is 5. The molecule has 2 aliphatic rings. The van der Waals surface area contributed by atoms with Crippen molar-refractivity contribution in [3.05, 3.63) is 59.7 Å². The molecule has 1 aliphatic heterocycles. The van der Waals surface area contributed by atoms with E-state index < -0.39 is 35.0 Å². The SMILES string of the molecule is CO[C@](C(=O)O[C@H]1/C=C(\C)C(=O)/C=C/C(C)(C)C[C@H]2O[C@@]2(C)C1)(c1ccccc1)C(F)(F)F. The molecule has 0 spiro atoms. The predicted octanol–water partition coefficient (Wildman–Crippen LogP) is 5.05. The molecule has 1 saturated heterocycles. The molecule has 0 radical (unpaired) electrons. The Hall–Kier alpha value is -2.45. The van der Waals surface area contributed by atoms with Crippen molar-refractivity contribution in [2.75, 3.05) is 7.11 Å². The lowest BCUT2D eigenvalue weighted by Gasteiger charge is -2.33. The number of fused-ring (bicyclic) bond motifs is 1. The van der Waals surface area contributed by atoms with Gasteiger partial charge < -0.3 is 14.2 Å². The Balaban J connectivity index is 1.98. The third-order valence-corrected chi connectivity index (χ3v) is 6.30. The smallest absolute Gasteiger partial charge is 0.432 e. The Bertz CT molecular complexity index is 966. The van der Waals surface area contributed by atoms with Gasteiger partial charge in [-0.2, -0.15) is 13.2 Å². The van der Waals surface area contributed by atoms with Gasteiger partial charge in [-0.25, -0.2) is 4.79 Å². The van der Waals surface area contributed by atoms with Gasteiger partial charge in [-0.15, -0.1) is 0 Å². The minimum Gasteiger partial charge on any atom is -0.455 e. The number of carbonyl (C=O) groups excluding carboxylic acids is 2. The number of halogens is 3. The first-order valence-electron chi connectivity index (χ1n) is 10.7. The largest absolute Gasteiger partial charge is 0.455 e. The summed E-state index contributed by atoms with van der Waals surface area (Å²) in [6.07, 6.45) is -1.04. The molecule has 33 heavy (non-hydrogen) atoms. The van der Waals surface area contributed by atoms with E-state index in [1.807, 2.05) is 20.8 Å².